The van der Waals surface area contributed by atoms with E-state index in [-0.39, 0.29) is 17.9 Å². The van der Waals surface area contributed by atoms with E-state index in [0.29, 0.717) is 17.7 Å². The van der Waals surface area contributed by atoms with Gasteiger partial charge in [0.05, 0.1) is 18.7 Å². The topological polar surface area (TPSA) is 75.7 Å². The zero-order valence-corrected chi connectivity index (χ0v) is 18.8. The lowest BCUT2D eigenvalue weighted by atomic mass is 9.84. The summed E-state index contributed by atoms with van der Waals surface area (Å²) in [5, 5.41) is 2.84. The Morgan fingerprint density at radius 2 is 1.77 bits per heavy atom. The van der Waals surface area contributed by atoms with Gasteiger partial charge in [-0.25, -0.2) is 9.59 Å². The van der Waals surface area contributed by atoms with E-state index < -0.39 is 17.5 Å². The molecule has 3 rings (SSSR count). The average molecular weight is 423 g/mol. The number of benzene rings is 2. The van der Waals surface area contributed by atoms with Crippen molar-refractivity contribution >= 4 is 17.9 Å². The molecule has 1 aliphatic heterocycles. The molecule has 1 fully saturated rings. The molecule has 0 saturated carbocycles. The number of amides is 3. The van der Waals surface area contributed by atoms with Crippen molar-refractivity contribution in [3.05, 3.63) is 70.8 Å². The van der Waals surface area contributed by atoms with E-state index in [1.165, 1.54) is 4.90 Å². The number of nitrogens with one attached hydrogen (secondary N) is 1. The largest absolute Gasteiger partial charge is 0.462 e. The van der Waals surface area contributed by atoms with E-state index >= 15 is 0 Å². The summed E-state index contributed by atoms with van der Waals surface area (Å²) in [4.78, 5) is 39.2. The number of carbonyl (C=O) groups excluding carboxylic acids is 3. The molecule has 2 aromatic carbocycles. The van der Waals surface area contributed by atoms with Gasteiger partial charge in [-0.05, 0) is 47.6 Å². The van der Waals surface area contributed by atoms with Gasteiger partial charge in [-0.15, -0.1) is 0 Å². The summed E-state index contributed by atoms with van der Waals surface area (Å²) in [6, 6.07) is 14.2. The fraction of sp³-hybridized carbons (Fsp3) is 0.400. The average Bonchev–Trinajstić information content (AvgIpc) is 2.95. The second-order valence-corrected chi connectivity index (χ2v) is 9.11. The van der Waals surface area contributed by atoms with Gasteiger partial charge in [-0.3, -0.25) is 9.69 Å². The number of esters is 1. The van der Waals surface area contributed by atoms with Crippen molar-refractivity contribution in [2.24, 2.45) is 0 Å². The molecule has 164 valence electrons. The summed E-state index contributed by atoms with van der Waals surface area (Å²) >= 11 is 0. The van der Waals surface area contributed by atoms with Gasteiger partial charge >= 0.3 is 12.0 Å². The van der Waals surface area contributed by atoms with Gasteiger partial charge in [0.15, 0.2) is 0 Å². The van der Waals surface area contributed by atoms with Crippen LogP contribution >= 0.6 is 0 Å². The van der Waals surface area contributed by atoms with Gasteiger partial charge in [-0.1, -0.05) is 64.1 Å². The van der Waals surface area contributed by atoms with Gasteiger partial charge in [0, 0.05) is 0 Å². The maximum absolute atomic E-state index is 13.2. The standard InChI is InChI=1S/C25H30N2O4/c1-6-14-31-21(28)18-9-7-8-17(15-18)16-27-22(29)25(5,26-23(27)30)20-12-10-19(11-13-20)24(2,3)4/h7-13,15H,6,14,16H2,1-5H3,(H,26,30). The van der Waals surface area contributed by atoms with E-state index in [9.17, 15) is 14.4 Å². The first-order chi connectivity index (χ1) is 14.6. The molecule has 1 aliphatic rings. The predicted octanol–water partition coefficient (Wildman–Crippen LogP) is 4.52. The number of ether oxygens (including phenoxy) is 1. The van der Waals surface area contributed by atoms with Crippen LogP contribution in [0.15, 0.2) is 48.5 Å². The molecule has 0 bridgehead atoms. The van der Waals surface area contributed by atoms with E-state index in [4.69, 9.17) is 4.74 Å². The van der Waals surface area contributed by atoms with Crippen LogP contribution < -0.4 is 5.32 Å². The molecule has 1 N–H and O–H groups in total. The van der Waals surface area contributed by atoms with Crippen molar-refractivity contribution in [2.45, 2.75) is 58.5 Å². The van der Waals surface area contributed by atoms with Crippen LogP contribution in [0, 0.1) is 0 Å². The molecule has 31 heavy (non-hydrogen) atoms. The Morgan fingerprint density at radius 1 is 1.10 bits per heavy atom. The van der Waals surface area contributed by atoms with Crippen molar-refractivity contribution in [2.75, 3.05) is 6.61 Å². The molecule has 6 heteroatoms. The monoisotopic (exact) mass is 422 g/mol. The lowest BCUT2D eigenvalue weighted by Crippen LogP contribution is -2.40. The van der Waals surface area contributed by atoms with Crippen molar-refractivity contribution < 1.29 is 19.1 Å². The first-order valence-corrected chi connectivity index (χ1v) is 10.6. The lowest BCUT2D eigenvalue weighted by Gasteiger charge is -2.24. The van der Waals surface area contributed by atoms with E-state index in [1.54, 1.807) is 31.2 Å². The van der Waals surface area contributed by atoms with Gasteiger partial charge in [0.2, 0.25) is 0 Å². The Balaban J connectivity index is 1.80. The van der Waals surface area contributed by atoms with Crippen LogP contribution in [0.1, 0.15) is 68.1 Å². The third kappa shape index (κ3) is 4.63. The van der Waals surface area contributed by atoms with Crippen molar-refractivity contribution in [3.63, 3.8) is 0 Å². The van der Waals surface area contributed by atoms with Gasteiger partial charge in [0.1, 0.15) is 5.54 Å². The molecule has 1 heterocycles. The number of rotatable bonds is 6. The van der Waals surface area contributed by atoms with Crippen LogP contribution in [0.2, 0.25) is 0 Å². The molecule has 0 spiro atoms. The maximum Gasteiger partial charge on any atom is 0.338 e. The van der Waals surface area contributed by atoms with Crippen molar-refractivity contribution in [1.29, 1.82) is 0 Å². The Hall–Kier alpha value is -3.15. The minimum absolute atomic E-state index is 0.00228. The lowest BCUT2D eigenvalue weighted by molar-refractivity contribution is -0.131. The Labute approximate surface area is 183 Å². The molecule has 0 aliphatic carbocycles. The van der Waals surface area contributed by atoms with Gasteiger partial charge in [0.25, 0.3) is 5.91 Å². The number of urea groups is 1. The molecule has 3 amide bonds. The summed E-state index contributed by atoms with van der Waals surface area (Å²) in [6.45, 7) is 10.4. The summed E-state index contributed by atoms with van der Waals surface area (Å²) in [7, 11) is 0. The summed E-state index contributed by atoms with van der Waals surface area (Å²) < 4.78 is 5.17. The molecule has 6 nitrogen and oxygen atoms in total. The van der Waals surface area contributed by atoms with Gasteiger partial charge < -0.3 is 10.1 Å². The van der Waals surface area contributed by atoms with Crippen molar-refractivity contribution in [1.82, 2.24) is 10.2 Å². The second kappa shape index (κ2) is 8.53. The normalized spacial score (nSPS) is 18.8. The number of imide groups is 1. The summed E-state index contributed by atoms with van der Waals surface area (Å²) in [5.74, 6) is -0.732. The van der Waals surface area contributed by atoms with Crippen LogP contribution in [0.4, 0.5) is 4.79 Å². The fourth-order valence-corrected chi connectivity index (χ4v) is 3.60. The number of hydrogen-bond donors (Lipinski definition) is 1. The van der Waals surface area contributed by atoms with Crippen LogP contribution in [-0.2, 0) is 27.0 Å². The van der Waals surface area contributed by atoms with Crippen LogP contribution in [0.5, 0.6) is 0 Å². The molecule has 1 unspecified atom stereocenters. The Morgan fingerprint density at radius 3 is 2.39 bits per heavy atom. The maximum atomic E-state index is 13.2. The third-order valence-corrected chi connectivity index (χ3v) is 5.54. The fourth-order valence-electron chi connectivity index (χ4n) is 3.60. The Kier molecular flexibility index (Phi) is 6.20. The first kappa shape index (κ1) is 22.5. The highest BCUT2D eigenvalue weighted by atomic mass is 16.5. The van der Waals surface area contributed by atoms with Crippen LogP contribution in [0.25, 0.3) is 0 Å². The molecule has 0 radical (unpaired) electrons. The molecule has 1 atom stereocenters. The van der Waals surface area contributed by atoms with Crippen LogP contribution in [0.3, 0.4) is 0 Å². The molecule has 2 aromatic rings. The first-order valence-electron chi connectivity index (χ1n) is 10.6. The number of nitrogens with zero attached hydrogens (tertiary/aromatic N) is 1. The molecule has 0 aromatic heterocycles. The van der Waals surface area contributed by atoms with Crippen molar-refractivity contribution in [3.8, 4) is 0 Å². The summed E-state index contributed by atoms with van der Waals surface area (Å²) in [6.07, 6.45) is 0.739. The van der Waals surface area contributed by atoms with E-state index in [2.05, 4.69) is 26.1 Å². The predicted molar refractivity (Wildman–Crippen MR) is 119 cm³/mol. The quantitative estimate of drug-likeness (QED) is 0.549. The minimum Gasteiger partial charge on any atom is -0.462 e. The Bertz CT molecular complexity index is 991. The SMILES string of the molecule is CCCOC(=O)c1cccc(CN2C(=O)NC(C)(c3ccc(C(C)(C)C)cc3)C2=O)c1. The summed E-state index contributed by atoms with van der Waals surface area (Å²) in [5.41, 5.74) is 1.84. The molecule has 1 saturated heterocycles. The van der Waals surface area contributed by atoms with Crippen LogP contribution in [-0.4, -0.2) is 29.4 Å². The second-order valence-electron chi connectivity index (χ2n) is 9.11. The number of carbonyl (C=O) groups is 3. The number of hydrogen-bond acceptors (Lipinski definition) is 4. The third-order valence-electron chi connectivity index (χ3n) is 5.54. The minimum atomic E-state index is -1.13. The van der Waals surface area contributed by atoms with E-state index in [1.807, 2.05) is 31.2 Å². The highest BCUT2D eigenvalue weighted by Crippen LogP contribution is 2.32. The highest BCUT2D eigenvalue weighted by molar-refractivity contribution is 6.07. The zero-order valence-electron chi connectivity index (χ0n) is 18.8. The molecular weight excluding hydrogens is 392 g/mol. The smallest absolute Gasteiger partial charge is 0.338 e. The van der Waals surface area contributed by atoms with Gasteiger partial charge in [-0.2, -0.15) is 0 Å². The molecular formula is C25H30N2O4. The van der Waals surface area contributed by atoms with E-state index in [0.717, 1.165) is 17.5 Å². The highest BCUT2D eigenvalue weighted by Gasteiger charge is 2.48. The zero-order chi connectivity index (χ0) is 22.8.